The van der Waals surface area contributed by atoms with E-state index in [1.54, 1.807) is 18.7 Å². The second kappa shape index (κ2) is 7.97. The molecule has 2 saturated heterocycles. The molecule has 1 amide bonds. The minimum Gasteiger partial charge on any atom is -0.475 e. The Morgan fingerprint density at radius 1 is 1.29 bits per heavy atom. The number of furan rings is 1. The molecule has 0 aromatic carbocycles. The van der Waals surface area contributed by atoms with Crippen molar-refractivity contribution in [3.8, 4) is 0 Å². The highest BCUT2D eigenvalue weighted by molar-refractivity contribution is 5.97. The van der Waals surface area contributed by atoms with Gasteiger partial charge in [0.1, 0.15) is 12.1 Å². The molecule has 28 heavy (non-hydrogen) atoms. The fraction of sp³-hybridized carbons (Fsp3) is 0.412. The van der Waals surface area contributed by atoms with E-state index in [0.717, 1.165) is 31.0 Å². The summed E-state index contributed by atoms with van der Waals surface area (Å²) >= 11 is 0. The third kappa shape index (κ3) is 4.30. The summed E-state index contributed by atoms with van der Waals surface area (Å²) in [5.74, 6) is -1.65. The molecule has 150 valence electrons. The van der Waals surface area contributed by atoms with E-state index < -0.39 is 12.1 Å². The van der Waals surface area contributed by atoms with Crippen molar-refractivity contribution < 1.29 is 32.3 Å². The zero-order chi connectivity index (χ0) is 20.3. The monoisotopic (exact) mass is 398 g/mol. The molecule has 2 unspecified atom stereocenters. The van der Waals surface area contributed by atoms with Crippen molar-refractivity contribution in [1.29, 1.82) is 0 Å². The number of carbonyl (C=O) groups excluding carboxylic acids is 1. The maximum atomic E-state index is 12.4. The van der Waals surface area contributed by atoms with Gasteiger partial charge >= 0.3 is 12.1 Å². The average Bonchev–Trinajstić information content (AvgIpc) is 3.34. The number of rotatable bonds is 3. The van der Waals surface area contributed by atoms with Crippen LogP contribution in [0.5, 0.6) is 0 Å². The zero-order valence-electron chi connectivity index (χ0n) is 14.5. The summed E-state index contributed by atoms with van der Waals surface area (Å²) in [7, 11) is 0. The summed E-state index contributed by atoms with van der Waals surface area (Å²) in [5, 5.41) is 7.12. The molecule has 11 heteroatoms. The molecule has 2 aromatic rings. The number of amides is 1. The van der Waals surface area contributed by atoms with Gasteiger partial charge in [-0.15, -0.1) is 0 Å². The first-order valence-corrected chi connectivity index (χ1v) is 8.41. The first-order valence-electron chi connectivity index (χ1n) is 8.41. The maximum Gasteiger partial charge on any atom is 0.490 e. The Morgan fingerprint density at radius 2 is 1.96 bits per heavy atom. The van der Waals surface area contributed by atoms with Crippen LogP contribution < -0.4 is 4.90 Å². The van der Waals surface area contributed by atoms with Gasteiger partial charge in [0.2, 0.25) is 5.91 Å². The van der Waals surface area contributed by atoms with Crippen LogP contribution in [0.15, 0.2) is 41.5 Å². The highest BCUT2D eigenvalue weighted by Gasteiger charge is 2.47. The van der Waals surface area contributed by atoms with Gasteiger partial charge in [-0.3, -0.25) is 9.69 Å². The Labute approximate surface area is 157 Å². The van der Waals surface area contributed by atoms with Crippen LogP contribution in [-0.4, -0.2) is 56.7 Å². The summed E-state index contributed by atoms with van der Waals surface area (Å²) in [4.78, 5) is 33.5. The summed E-state index contributed by atoms with van der Waals surface area (Å²) in [6.07, 6.45) is 3.05. The van der Waals surface area contributed by atoms with E-state index in [-0.39, 0.29) is 18.0 Å². The van der Waals surface area contributed by atoms with Crippen LogP contribution in [0, 0.1) is 0 Å². The molecule has 0 saturated carbocycles. The molecule has 2 atom stereocenters. The molecule has 0 aliphatic carbocycles. The average molecular weight is 398 g/mol. The van der Waals surface area contributed by atoms with Crippen LogP contribution in [0.25, 0.3) is 0 Å². The fourth-order valence-electron chi connectivity index (χ4n) is 3.48. The maximum absolute atomic E-state index is 12.4. The number of anilines is 1. The summed E-state index contributed by atoms with van der Waals surface area (Å²) in [5.41, 5.74) is 0.801. The summed E-state index contributed by atoms with van der Waals surface area (Å²) < 4.78 is 37.2. The van der Waals surface area contributed by atoms with Crippen LogP contribution in [0.1, 0.15) is 18.6 Å². The molecule has 4 heterocycles. The largest absolute Gasteiger partial charge is 0.490 e. The summed E-state index contributed by atoms with van der Waals surface area (Å²) in [6.45, 7) is 1.74. The van der Waals surface area contributed by atoms with Crippen molar-refractivity contribution in [3.63, 3.8) is 0 Å². The lowest BCUT2D eigenvalue weighted by atomic mass is 10.1. The van der Waals surface area contributed by atoms with Gasteiger partial charge in [-0.05, 0) is 18.6 Å². The Kier molecular flexibility index (Phi) is 5.63. The lowest BCUT2D eigenvalue weighted by Gasteiger charge is -2.24. The molecule has 0 spiro atoms. The number of carbonyl (C=O) groups is 2. The van der Waals surface area contributed by atoms with E-state index in [9.17, 15) is 18.0 Å². The lowest BCUT2D eigenvalue weighted by Crippen LogP contribution is -2.37. The Bertz CT molecular complexity index is 814. The van der Waals surface area contributed by atoms with Crippen LogP contribution in [0.4, 0.5) is 18.9 Å². The predicted molar refractivity (Wildman–Crippen MR) is 89.1 cm³/mol. The van der Waals surface area contributed by atoms with Gasteiger partial charge in [0, 0.05) is 19.0 Å². The molecule has 0 bridgehead atoms. The van der Waals surface area contributed by atoms with E-state index in [1.165, 1.54) is 6.33 Å². The molecular formula is C17H17F3N4O4. The van der Waals surface area contributed by atoms with Crippen LogP contribution in [0.3, 0.4) is 0 Å². The normalized spacial score (nSPS) is 22.0. The van der Waals surface area contributed by atoms with Gasteiger partial charge in [0.25, 0.3) is 0 Å². The summed E-state index contributed by atoms with van der Waals surface area (Å²) in [6, 6.07) is 4.35. The van der Waals surface area contributed by atoms with E-state index >= 15 is 0 Å². The molecule has 2 aromatic heterocycles. The minimum atomic E-state index is -5.08. The van der Waals surface area contributed by atoms with Crippen molar-refractivity contribution in [2.24, 2.45) is 0 Å². The number of carboxylic acids is 1. The standard InChI is InChI=1S/C15H16N4O2.C2HF3O2/c20-15-6-14-13(19(15)11-7-16-10-17-8-11)3-4-18(14)9-12-2-1-5-21-12;3-2(4,5)1(6)7/h1-2,5,7-8,10,13-14H,3-4,6,9H2;(H,6,7). The number of fused-ring (bicyclic) bond motifs is 1. The number of hydrogen-bond acceptors (Lipinski definition) is 6. The second-order valence-corrected chi connectivity index (χ2v) is 6.34. The van der Waals surface area contributed by atoms with Crippen molar-refractivity contribution in [3.05, 3.63) is 42.9 Å². The molecule has 8 nitrogen and oxygen atoms in total. The minimum absolute atomic E-state index is 0.156. The predicted octanol–water partition coefficient (Wildman–Crippen LogP) is 2.08. The van der Waals surface area contributed by atoms with Crippen molar-refractivity contribution in [2.75, 3.05) is 11.4 Å². The van der Waals surface area contributed by atoms with Crippen LogP contribution in [-0.2, 0) is 16.1 Å². The molecule has 2 aliphatic heterocycles. The van der Waals surface area contributed by atoms with Gasteiger partial charge in [-0.25, -0.2) is 14.8 Å². The Morgan fingerprint density at radius 3 is 2.54 bits per heavy atom. The Balaban J connectivity index is 0.000000279. The quantitative estimate of drug-likeness (QED) is 0.845. The molecule has 1 N–H and O–H groups in total. The number of alkyl halides is 3. The van der Waals surface area contributed by atoms with Gasteiger partial charge < -0.3 is 14.4 Å². The van der Waals surface area contributed by atoms with E-state index in [0.29, 0.717) is 6.42 Å². The van der Waals surface area contributed by atoms with Gasteiger partial charge in [-0.1, -0.05) is 0 Å². The fourth-order valence-corrected chi connectivity index (χ4v) is 3.48. The number of likely N-dealkylation sites (tertiary alicyclic amines) is 1. The third-order valence-corrected chi connectivity index (χ3v) is 4.62. The molecule has 0 radical (unpaired) electrons. The molecule has 4 rings (SSSR count). The van der Waals surface area contributed by atoms with Gasteiger partial charge in [-0.2, -0.15) is 13.2 Å². The van der Waals surface area contributed by atoms with E-state index in [2.05, 4.69) is 14.9 Å². The molecule has 2 aliphatic rings. The zero-order valence-corrected chi connectivity index (χ0v) is 14.5. The number of aromatic nitrogens is 2. The van der Waals surface area contributed by atoms with E-state index in [4.69, 9.17) is 14.3 Å². The lowest BCUT2D eigenvalue weighted by molar-refractivity contribution is -0.192. The van der Waals surface area contributed by atoms with Crippen molar-refractivity contribution in [1.82, 2.24) is 14.9 Å². The SMILES string of the molecule is O=C(O)C(F)(F)F.O=C1CC2C(CCN2Cc2ccco2)N1c1cncnc1. The number of carboxylic acid groups (broad SMARTS) is 1. The Hall–Kier alpha value is -2.95. The van der Waals surface area contributed by atoms with Crippen molar-refractivity contribution in [2.45, 2.75) is 37.6 Å². The van der Waals surface area contributed by atoms with Crippen LogP contribution >= 0.6 is 0 Å². The highest BCUT2D eigenvalue weighted by atomic mass is 19.4. The smallest absolute Gasteiger partial charge is 0.475 e. The number of hydrogen-bond donors (Lipinski definition) is 1. The highest BCUT2D eigenvalue weighted by Crippen LogP contribution is 2.36. The first-order chi connectivity index (χ1) is 13.3. The third-order valence-electron chi connectivity index (χ3n) is 4.62. The number of nitrogens with zero attached hydrogens (tertiary/aromatic N) is 4. The number of halogens is 3. The van der Waals surface area contributed by atoms with E-state index in [1.807, 2.05) is 17.0 Å². The second-order valence-electron chi connectivity index (χ2n) is 6.34. The van der Waals surface area contributed by atoms with Gasteiger partial charge in [0.15, 0.2) is 0 Å². The van der Waals surface area contributed by atoms with Crippen LogP contribution in [0.2, 0.25) is 0 Å². The molecular weight excluding hydrogens is 381 g/mol. The molecule has 2 fully saturated rings. The van der Waals surface area contributed by atoms with Gasteiger partial charge in [0.05, 0.1) is 36.9 Å². The first kappa shape index (κ1) is 19.8. The topological polar surface area (TPSA) is 99.8 Å². The number of aliphatic carboxylic acids is 1. The van der Waals surface area contributed by atoms with Crippen molar-refractivity contribution >= 4 is 17.6 Å².